The summed E-state index contributed by atoms with van der Waals surface area (Å²) >= 11 is 0. The first-order chi connectivity index (χ1) is 12.8. The molecule has 0 saturated heterocycles. The van der Waals surface area contributed by atoms with Crippen LogP contribution in [-0.2, 0) is 0 Å². The van der Waals surface area contributed by atoms with Crippen LogP contribution in [-0.4, -0.2) is 34.0 Å². The number of methoxy groups -OCH3 is 2. The lowest BCUT2D eigenvalue weighted by Crippen LogP contribution is -1.94. The third-order valence-corrected chi connectivity index (χ3v) is 3.95. The molecule has 0 radical (unpaired) electrons. The van der Waals surface area contributed by atoms with Gasteiger partial charge in [-0.15, -0.1) is 10.2 Å². The van der Waals surface area contributed by atoms with Crippen molar-refractivity contribution in [2.75, 3.05) is 14.2 Å². The Morgan fingerprint density at radius 2 is 1.65 bits per heavy atom. The second-order valence-corrected chi connectivity index (χ2v) is 5.47. The minimum absolute atomic E-state index is 0.385. The Morgan fingerprint density at radius 1 is 0.885 bits per heavy atom. The molecule has 2 aromatic carbocycles. The lowest BCUT2D eigenvalue weighted by Gasteiger charge is -2.07. The van der Waals surface area contributed by atoms with Crippen LogP contribution in [0.25, 0.3) is 28.7 Å². The molecule has 0 aliphatic heterocycles. The molecule has 0 saturated carbocycles. The standard InChI is InChI=1S/C19H16N4O3/c1-24-16-9-8-13(10-17(16)25-2)18-21-22-19(26-18)15-11-20-12-23(15)14-6-4-3-5-7-14/h3-12H,1-2H3. The van der Waals surface area contributed by atoms with Crippen LogP contribution in [0, 0.1) is 0 Å². The van der Waals surface area contributed by atoms with Gasteiger partial charge in [0.2, 0.25) is 5.89 Å². The van der Waals surface area contributed by atoms with Crippen molar-refractivity contribution >= 4 is 0 Å². The summed E-state index contributed by atoms with van der Waals surface area (Å²) in [4.78, 5) is 4.21. The molecule has 2 heterocycles. The third-order valence-electron chi connectivity index (χ3n) is 3.95. The molecule has 0 atom stereocenters. The van der Waals surface area contributed by atoms with E-state index in [-0.39, 0.29) is 0 Å². The number of benzene rings is 2. The quantitative estimate of drug-likeness (QED) is 0.548. The number of aromatic nitrogens is 4. The van der Waals surface area contributed by atoms with Crippen LogP contribution in [0.1, 0.15) is 0 Å². The fraction of sp³-hybridized carbons (Fsp3) is 0.105. The molecule has 130 valence electrons. The maximum absolute atomic E-state index is 5.87. The first kappa shape index (κ1) is 15.9. The molecule has 7 heteroatoms. The Kier molecular flexibility index (Phi) is 4.10. The first-order valence-corrected chi connectivity index (χ1v) is 7.94. The molecular weight excluding hydrogens is 332 g/mol. The highest BCUT2D eigenvalue weighted by atomic mass is 16.5. The highest BCUT2D eigenvalue weighted by Gasteiger charge is 2.16. The molecule has 0 amide bonds. The van der Waals surface area contributed by atoms with Gasteiger partial charge in [0.1, 0.15) is 5.69 Å². The van der Waals surface area contributed by atoms with E-state index in [1.54, 1.807) is 38.9 Å². The van der Waals surface area contributed by atoms with Gasteiger partial charge in [0.15, 0.2) is 11.5 Å². The zero-order valence-corrected chi connectivity index (χ0v) is 14.3. The van der Waals surface area contributed by atoms with Crippen molar-refractivity contribution in [2.24, 2.45) is 0 Å². The van der Waals surface area contributed by atoms with E-state index in [2.05, 4.69) is 15.2 Å². The van der Waals surface area contributed by atoms with Crippen LogP contribution in [0.3, 0.4) is 0 Å². The van der Waals surface area contributed by atoms with Crippen molar-refractivity contribution in [3.8, 4) is 40.2 Å². The topological polar surface area (TPSA) is 75.2 Å². The number of para-hydroxylation sites is 1. The van der Waals surface area contributed by atoms with Gasteiger partial charge in [-0.25, -0.2) is 4.98 Å². The van der Waals surface area contributed by atoms with E-state index >= 15 is 0 Å². The molecule has 0 aliphatic carbocycles. The Bertz CT molecular complexity index is 1020. The van der Waals surface area contributed by atoms with E-state index in [0.717, 1.165) is 16.9 Å². The maximum Gasteiger partial charge on any atom is 0.266 e. The summed E-state index contributed by atoms with van der Waals surface area (Å²) in [5, 5.41) is 8.32. The minimum Gasteiger partial charge on any atom is -0.493 e. The second kappa shape index (κ2) is 6.72. The number of imidazole rings is 1. The highest BCUT2D eigenvalue weighted by molar-refractivity contribution is 5.61. The number of ether oxygens (including phenoxy) is 2. The van der Waals surface area contributed by atoms with Crippen molar-refractivity contribution < 1.29 is 13.9 Å². The lowest BCUT2D eigenvalue weighted by molar-refractivity contribution is 0.355. The largest absolute Gasteiger partial charge is 0.493 e. The smallest absolute Gasteiger partial charge is 0.266 e. The number of hydrogen-bond donors (Lipinski definition) is 0. The highest BCUT2D eigenvalue weighted by Crippen LogP contribution is 2.33. The zero-order valence-electron chi connectivity index (χ0n) is 14.3. The molecule has 0 spiro atoms. The van der Waals surface area contributed by atoms with E-state index in [4.69, 9.17) is 13.9 Å². The average Bonchev–Trinajstić information content (AvgIpc) is 3.37. The van der Waals surface area contributed by atoms with E-state index in [9.17, 15) is 0 Å². The molecule has 4 aromatic rings. The molecule has 2 aromatic heterocycles. The van der Waals surface area contributed by atoms with E-state index < -0.39 is 0 Å². The van der Waals surface area contributed by atoms with Gasteiger partial charge in [0, 0.05) is 11.3 Å². The van der Waals surface area contributed by atoms with Gasteiger partial charge in [-0.3, -0.25) is 4.57 Å². The summed E-state index contributed by atoms with van der Waals surface area (Å²) in [5.74, 6) is 2.01. The van der Waals surface area contributed by atoms with Crippen LogP contribution in [0.15, 0.2) is 65.5 Å². The molecule has 0 unspecified atom stereocenters. The van der Waals surface area contributed by atoms with Crippen molar-refractivity contribution in [1.82, 2.24) is 19.7 Å². The summed E-state index contributed by atoms with van der Waals surface area (Å²) in [6.07, 6.45) is 3.41. The Labute approximate surface area is 149 Å². The zero-order chi connectivity index (χ0) is 17.9. The van der Waals surface area contributed by atoms with Crippen LogP contribution in [0.2, 0.25) is 0 Å². The molecular formula is C19H16N4O3. The van der Waals surface area contributed by atoms with E-state index in [0.29, 0.717) is 23.3 Å². The van der Waals surface area contributed by atoms with Gasteiger partial charge in [-0.1, -0.05) is 18.2 Å². The summed E-state index contributed by atoms with van der Waals surface area (Å²) in [5.41, 5.74) is 2.42. The summed E-state index contributed by atoms with van der Waals surface area (Å²) < 4.78 is 18.3. The number of nitrogens with zero attached hydrogens (tertiary/aromatic N) is 4. The SMILES string of the molecule is COc1ccc(-c2nnc(-c3cncn3-c3ccccc3)o2)cc1OC. The predicted molar refractivity (Wildman–Crippen MR) is 95.4 cm³/mol. The molecule has 0 bridgehead atoms. The van der Waals surface area contributed by atoms with Gasteiger partial charge in [0.05, 0.1) is 26.7 Å². The number of hydrogen-bond acceptors (Lipinski definition) is 6. The summed E-state index contributed by atoms with van der Waals surface area (Å²) in [6, 6.07) is 15.3. The van der Waals surface area contributed by atoms with Gasteiger partial charge in [-0.05, 0) is 30.3 Å². The Balaban J connectivity index is 1.71. The lowest BCUT2D eigenvalue weighted by atomic mass is 10.2. The Morgan fingerprint density at radius 3 is 2.42 bits per heavy atom. The molecule has 26 heavy (non-hydrogen) atoms. The first-order valence-electron chi connectivity index (χ1n) is 7.94. The molecule has 0 fully saturated rings. The fourth-order valence-corrected chi connectivity index (χ4v) is 2.66. The van der Waals surface area contributed by atoms with Crippen LogP contribution in [0.4, 0.5) is 0 Å². The minimum atomic E-state index is 0.385. The third kappa shape index (κ3) is 2.79. The fourth-order valence-electron chi connectivity index (χ4n) is 2.66. The van der Waals surface area contributed by atoms with Crippen molar-refractivity contribution in [3.63, 3.8) is 0 Å². The normalized spacial score (nSPS) is 10.7. The second-order valence-electron chi connectivity index (χ2n) is 5.47. The summed E-state index contributed by atoms with van der Waals surface area (Å²) in [7, 11) is 3.17. The van der Waals surface area contributed by atoms with Gasteiger partial charge in [0.25, 0.3) is 5.89 Å². The van der Waals surface area contributed by atoms with E-state index in [1.165, 1.54) is 0 Å². The van der Waals surface area contributed by atoms with Gasteiger partial charge < -0.3 is 13.9 Å². The average molecular weight is 348 g/mol. The molecule has 4 rings (SSSR count). The van der Waals surface area contributed by atoms with Gasteiger partial charge >= 0.3 is 0 Å². The number of rotatable bonds is 5. The predicted octanol–water partition coefficient (Wildman–Crippen LogP) is 3.61. The Hall–Kier alpha value is -3.61. The molecule has 0 N–H and O–H groups in total. The van der Waals surface area contributed by atoms with Crippen molar-refractivity contribution in [3.05, 3.63) is 61.1 Å². The van der Waals surface area contributed by atoms with Gasteiger partial charge in [-0.2, -0.15) is 0 Å². The van der Waals surface area contributed by atoms with Crippen molar-refractivity contribution in [2.45, 2.75) is 0 Å². The van der Waals surface area contributed by atoms with Crippen LogP contribution < -0.4 is 9.47 Å². The maximum atomic E-state index is 5.87. The molecule has 0 aliphatic rings. The van der Waals surface area contributed by atoms with Crippen LogP contribution in [0.5, 0.6) is 11.5 Å². The monoisotopic (exact) mass is 348 g/mol. The van der Waals surface area contributed by atoms with E-state index in [1.807, 2.05) is 41.0 Å². The van der Waals surface area contributed by atoms with Crippen LogP contribution >= 0.6 is 0 Å². The summed E-state index contributed by atoms with van der Waals surface area (Å²) in [6.45, 7) is 0. The van der Waals surface area contributed by atoms with Crippen molar-refractivity contribution in [1.29, 1.82) is 0 Å². The molecule has 7 nitrogen and oxygen atoms in total.